The zero-order valence-electron chi connectivity index (χ0n) is 23.3. The molecular weight excluding hydrogens is 543 g/mol. The number of carbonyl (C=O) groups excluding carboxylic acids is 1. The molecule has 1 amide bonds. The number of benzene rings is 2. The van der Waals surface area contributed by atoms with E-state index < -0.39 is 35.2 Å². The molecule has 3 atom stereocenters. The van der Waals surface area contributed by atoms with E-state index in [1.54, 1.807) is 30.6 Å². The van der Waals surface area contributed by atoms with Gasteiger partial charge in [0, 0.05) is 29.1 Å². The van der Waals surface area contributed by atoms with Crippen LogP contribution in [0.25, 0.3) is 11.4 Å². The number of hydrogen-bond donors (Lipinski definition) is 1. The van der Waals surface area contributed by atoms with Crippen LogP contribution >= 0.6 is 11.3 Å². The molecule has 1 N–H and O–H groups in total. The van der Waals surface area contributed by atoms with Gasteiger partial charge in [-0.1, -0.05) is 43.6 Å². The molecule has 1 aliphatic rings. The Morgan fingerprint density at radius 1 is 1.17 bits per heavy atom. The maximum Gasteiger partial charge on any atom is 0.330 e. The van der Waals surface area contributed by atoms with Gasteiger partial charge in [0.25, 0.3) is 5.91 Å². The second-order valence-corrected chi connectivity index (χ2v) is 12.5. The van der Waals surface area contributed by atoms with Gasteiger partial charge in [-0.2, -0.15) is 4.98 Å². The molecule has 2 aromatic carbocycles. The molecule has 8 nitrogen and oxygen atoms in total. The van der Waals surface area contributed by atoms with E-state index in [1.807, 2.05) is 12.1 Å². The molecule has 0 radical (unpaired) electrons. The van der Waals surface area contributed by atoms with E-state index in [0.717, 1.165) is 5.56 Å². The van der Waals surface area contributed by atoms with E-state index in [0.29, 0.717) is 21.7 Å². The summed E-state index contributed by atoms with van der Waals surface area (Å²) in [6.45, 7) is 12.0. The van der Waals surface area contributed by atoms with Gasteiger partial charge in [0.1, 0.15) is 16.4 Å². The van der Waals surface area contributed by atoms with Crippen molar-refractivity contribution in [2.75, 3.05) is 0 Å². The zero-order chi connectivity index (χ0) is 29.5. The molecule has 1 aliphatic heterocycles. The maximum atomic E-state index is 14.4. The van der Waals surface area contributed by atoms with E-state index in [-0.39, 0.29) is 30.0 Å². The highest BCUT2D eigenvalue weighted by atomic mass is 32.1. The molecule has 5 rings (SSSR count). The van der Waals surface area contributed by atoms with Gasteiger partial charge in [-0.05, 0) is 60.7 Å². The molecule has 0 bridgehead atoms. The normalized spacial score (nSPS) is 20.8. The van der Waals surface area contributed by atoms with Gasteiger partial charge in [0.2, 0.25) is 11.7 Å². The highest BCUT2D eigenvalue weighted by molar-refractivity contribution is 7.09. The predicted molar refractivity (Wildman–Crippen MR) is 153 cm³/mol. The van der Waals surface area contributed by atoms with Gasteiger partial charge < -0.3 is 14.5 Å². The first-order chi connectivity index (χ1) is 19.4. The second kappa shape index (κ2) is 10.7. The Kier molecular flexibility index (Phi) is 7.37. The molecule has 0 saturated carbocycles. The third-order valence-corrected chi connectivity index (χ3v) is 8.30. The Labute approximate surface area is 241 Å². The van der Waals surface area contributed by atoms with Crippen LogP contribution in [0, 0.1) is 5.82 Å². The number of halogens is 1. The predicted octanol–water partition coefficient (Wildman–Crippen LogP) is 6.79. The van der Waals surface area contributed by atoms with Crippen LogP contribution in [0.4, 0.5) is 4.39 Å². The van der Waals surface area contributed by atoms with E-state index >= 15 is 0 Å². The first-order valence-electron chi connectivity index (χ1n) is 13.2. The van der Waals surface area contributed by atoms with Crippen molar-refractivity contribution >= 4 is 23.2 Å². The SMILES string of the molecule is C=C(C)C[C@@]1(C(=O)O)CC(c2nc(-c3ccc(F)cc3)no2)[C@H](c2nccs2)N1C(=O)c1ccc(C(C)(C)C)cc1. The highest BCUT2D eigenvalue weighted by Crippen LogP contribution is 2.54. The first-order valence-corrected chi connectivity index (χ1v) is 14.1. The number of carbonyl (C=O) groups is 2. The van der Waals surface area contributed by atoms with Crippen molar-refractivity contribution in [3.8, 4) is 11.4 Å². The van der Waals surface area contributed by atoms with Crippen LogP contribution < -0.4 is 0 Å². The van der Waals surface area contributed by atoms with Crippen LogP contribution in [0.15, 0.2) is 76.8 Å². The lowest BCUT2D eigenvalue weighted by molar-refractivity contribution is -0.149. The molecule has 10 heteroatoms. The summed E-state index contributed by atoms with van der Waals surface area (Å²) in [6.07, 6.45) is 1.66. The molecule has 1 saturated heterocycles. The summed E-state index contributed by atoms with van der Waals surface area (Å²) in [5, 5.41) is 17.2. The summed E-state index contributed by atoms with van der Waals surface area (Å²) in [7, 11) is 0. The topological polar surface area (TPSA) is 109 Å². The number of amides is 1. The minimum atomic E-state index is -1.64. The molecule has 4 aromatic rings. The summed E-state index contributed by atoms with van der Waals surface area (Å²) in [5.74, 6) is -2.24. The van der Waals surface area contributed by atoms with Gasteiger partial charge in [0.15, 0.2) is 0 Å². The number of carboxylic acid groups (broad SMARTS) is 1. The van der Waals surface area contributed by atoms with Crippen LogP contribution in [-0.4, -0.2) is 42.5 Å². The Morgan fingerprint density at radius 2 is 1.85 bits per heavy atom. The van der Waals surface area contributed by atoms with Crippen LogP contribution in [0.5, 0.6) is 0 Å². The van der Waals surface area contributed by atoms with Crippen molar-refractivity contribution in [2.24, 2.45) is 0 Å². The number of likely N-dealkylation sites (tertiary alicyclic amines) is 1. The van der Waals surface area contributed by atoms with E-state index in [1.165, 1.54) is 40.5 Å². The number of hydrogen-bond acceptors (Lipinski definition) is 7. The second-order valence-electron chi connectivity index (χ2n) is 11.6. The summed E-state index contributed by atoms with van der Waals surface area (Å²) in [6, 6.07) is 12.2. The third-order valence-electron chi connectivity index (χ3n) is 7.45. The van der Waals surface area contributed by atoms with Gasteiger partial charge in [-0.15, -0.1) is 17.9 Å². The maximum absolute atomic E-state index is 14.4. The Balaban J connectivity index is 1.64. The molecule has 1 unspecified atom stereocenters. The zero-order valence-corrected chi connectivity index (χ0v) is 24.1. The molecule has 41 heavy (non-hydrogen) atoms. The summed E-state index contributed by atoms with van der Waals surface area (Å²) < 4.78 is 19.2. The van der Waals surface area contributed by atoms with Crippen molar-refractivity contribution < 1.29 is 23.6 Å². The molecule has 1 fully saturated rings. The van der Waals surface area contributed by atoms with Crippen molar-refractivity contribution in [1.82, 2.24) is 20.0 Å². The molecular formula is C31H31FN4O4S. The van der Waals surface area contributed by atoms with Gasteiger partial charge in [-0.25, -0.2) is 14.2 Å². The van der Waals surface area contributed by atoms with Crippen molar-refractivity contribution in [2.45, 2.75) is 63.5 Å². The molecule has 212 valence electrons. The lowest BCUT2D eigenvalue weighted by Gasteiger charge is -2.38. The fourth-order valence-electron chi connectivity index (χ4n) is 5.50. The summed E-state index contributed by atoms with van der Waals surface area (Å²) in [5.41, 5.74) is 0.819. The molecule has 0 aliphatic carbocycles. The lowest BCUT2D eigenvalue weighted by Crippen LogP contribution is -2.54. The van der Waals surface area contributed by atoms with Gasteiger partial charge >= 0.3 is 5.97 Å². The number of nitrogens with zero attached hydrogens (tertiary/aromatic N) is 4. The largest absolute Gasteiger partial charge is 0.479 e. The first kappa shape index (κ1) is 28.4. The molecule has 2 aromatic heterocycles. The average Bonchev–Trinajstić information content (AvgIpc) is 3.67. The number of aromatic nitrogens is 3. The van der Waals surface area contributed by atoms with E-state index in [9.17, 15) is 19.1 Å². The number of aliphatic carboxylic acids is 1. The monoisotopic (exact) mass is 574 g/mol. The third kappa shape index (κ3) is 5.31. The lowest BCUT2D eigenvalue weighted by atomic mass is 9.85. The minimum absolute atomic E-state index is 0.0102. The molecule has 3 heterocycles. The Hall–Kier alpha value is -4.18. The average molecular weight is 575 g/mol. The van der Waals surface area contributed by atoms with Crippen LogP contribution in [0.2, 0.25) is 0 Å². The smallest absolute Gasteiger partial charge is 0.330 e. The van der Waals surface area contributed by atoms with Crippen molar-refractivity contribution in [3.05, 3.63) is 100 Å². The van der Waals surface area contributed by atoms with Gasteiger partial charge in [0.05, 0.1) is 12.0 Å². The van der Waals surface area contributed by atoms with E-state index in [4.69, 9.17) is 4.52 Å². The van der Waals surface area contributed by atoms with Crippen LogP contribution in [0.1, 0.15) is 79.3 Å². The Morgan fingerprint density at radius 3 is 2.41 bits per heavy atom. The molecule has 0 spiro atoms. The quantitative estimate of drug-likeness (QED) is 0.242. The highest BCUT2D eigenvalue weighted by Gasteiger charge is 2.61. The number of thiazole rings is 1. The number of carboxylic acids is 1. The van der Waals surface area contributed by atoms with Crippen molar-refractivity contribution in [3.63, 3.8) is 0 Å². The standard InChI is InChI=1S/C31H31FN4O4S/c1-18(2)16-31(29(38)39)17-23(26-34-25(35-40-26)19-8-12-22(32)13-9-19)24(27-33-14-15-41-27)36(31)28(37)20-6-10-21(11-7-20)30(3,4)5/h6-15,23-24H,1,16-17H2,2-5H3,(H,38,39)/t23?,24-,31+/m1/s1. The summed E-state index contributed by atoms with van der Waals surface area (Å²) >= 11 is 1.33. The fraction of sp³-hybridized carbons (Fsp3) is 0.323. The minimum Gasteiger partial charge on any atom is -0.479 e. The summed E-state index contributed by atoms with van der Waals surface area (Å²) in [4.78, 5) is 38.1. The van der Waals surface area contributed by atoms with Gasteiger partial charge in [-0.3, -0.25) is 4.79 Å². The van der Waals surface area contributed by atoms with Crippen LogP contribution in [-0.2, 0) is 10.2 Å². The number of rotatable bonds is 7. The Bertz CT molecular complexity index is 1580. The van der Waals surface area contributed by atoms with E-state index in [2.05, 4.69) is 42.5 Å². The fourth-order valence-corrected chi connectivity index (χ4v) is 6.29. The van der Waals surface area contributed by atoms with Crippen molar-refractivity contribution in [1.29, 1.82) is 0 Å². The van der Waals surface area contributed by atoms with Crippen LogP contribution in [0.3, 0.4) is 0 Å².